The van der Waals surface area contributed by atoms with E-state index in [0.717, 1.165) is 5.56 Å². The highest BCUT2D eigenvalue weighted by Gasteiger charge is 2.15. The summed E-state index contributed by atoms with van der Waals surface area (Å²) in [6.45, 7) is 2.01. The van der Waals surface area contributed by atoms with Gasteiger partial charge in [-0.2, -0.15) is 0 Å². The van der Waals surface area contributed by atoms with E-state index in [4.69, 9.17) is 11.6 Å². The molecule has 0 aliphatic rings. The average Bonchev–Trinajstić information content (AvgIpc) is 2.20. The number of alkyl halides is 1. The average molecular weight is 215 g/mol. The largest absolute Gasteiger partial charge is 0.390 e. The van der Waals surface area contributed by atoms with E-state index >= 15 is 0 Å². The van der Waals surface area contributed by atoms with Gasteiger partial charge in [0.2, 0.25) is 0 Å². The van der Waals surface area contributed by atoms with Crippen molar-refractivity contribution in [2.45, 2.75) is 25.6 Å². The van der Waals surface area contributed by atoms with E-state index in [1.165, 1.54) is 5.56 Å². The number of halogens is 1. The van der Waals surface area contributed by atoms with E-state index in [1.54, 1.807) is 0 Å². The Hall–Kier alpha value is -0.570. The monoisotopic (exact) mass is 214 g/mol. The van der Waals surface area contributed by atoms with Crippen molar-refractivity contribution in [3.8, 4) is 0 Å². The molecule has 0 heterocycles. The number of benzene rings is 1. The Balaban J connectivity index is 2.56. The van der Waals surface area contributed by atoms with Crippen LogP contribution < -0.4 is 0 Å². The van der Waals surface area contributed by atoms with Crippen molar-refractivity contribution in [2.75, 3.05) is 5.88 Å². The first kappa shape index (κ1) is 11.5. The predicted molar refractivity (Wildman–Crippen MR) is 57.6 cm³/mol. The highest BCUT2D eigenvalue weighted by atomic mass is 35.5. The van der Waals surface area contributed by atoms with Gasteiger partial charge in [-0.1, -0.05) is 29.8 Å². The third-order valence-corrected chi connectivity index (χ3v) is 2.48. The number of aliphatic hydroxyl groups is 2. The zero-order valence-corrected chi connectivity index (χ0v) is 8.91. The van der Waals surface area contributed by atoms with E-state index in [1.807, 2.05) is 31.2 Å². The van der Waals surface area contributed by atoms with E-state index in [-0.39, 0.29) is 5.88 Å². The van der Waals surface area contributed by atoms with Crippen molar-refractivity contribution < 1.29 is 10.2 Å². The fraction of sp³-hybridized carbons (Fsp3) is 0.455. The molecule has 0 spiro atoms. The summed E-state index contributed by atoms with van der Waals surface area (Å²) < 4.78 is 0. The lowest BCUT2D eigenvalue weighted by atomic mass is 10.0. The molecule has 3 heteroatoms. The second-order valence-corrected chi connectivity index (χ2v) is 3.79. The highest BCUT2D eigenvalue weighted by molar-refractivity contribution is 6.18. The van der Waals surface area contributed by atoms with Crippen LogP contribution >= 0.6 is 11.6 Å². The minimum absolute atomic E-state index is 0.0625. The molecule has 0 aliphatic carbocycles. The van der Waals surface area contributed by atoms with Gasteiger partial charge in [-0.25, -0.2) is 0 Å². The minimum Gasteiger partial charge on any atom is -0.390 e. The van der Waals surface area contributed by atoms with Crippen LogP contribution in [0.3, 0.4) is 0 Å². The first-order chi connectivity index (χ1) is 6.63. The molecule has 0 saturated carbocycles. The summed E-state index contributed by atoms with van der Waals surface area (Å²) >= 11 is 5.43. The zero-order valence-electron chi connectivity index (χ0n) is 8.15. The molecule has 2 unspecified atom stereocenters. The number of hydrogen-bond acceptors (Lipinski definition) is 2. The Morgan fingerprint density at radius 1 is 1.14 bits per heavy atom. The van der Waals surface area contributed by atoms with Gasteiger partial charge in [-0.05, 0) is 12.5 Å². The van der Waals surface area contributed by atoms with E-state index < -0.39 is 12.2 Å². The third-order valence-electron chi connectivity index (χ3n) is 2.17. The van der Waals surface area contributed by atoms with Gasteiger partial charge in [0.05, 0.1) is 18.1 Å². The lowest BCUT2D eigenvalue weighted by Gasteiger charge is -2.15. The molecule has 0 bridgehead atoms. The number of aryl methyl sites for hydroxylation is 1. The van der Waals surface area contributed by atoms with E-state index in [9.17, 15) is 10.2 Å². The summed E-state index contributed by atoms with van der Waals surface area (Å²) in [4.78, 5) is 0. The molecule has 0 amide bonds. The van der Waals surface area contributed by atoms with Gasteiger partial charge in [0.1, 0.15) is 0 Å². The fourth-order valence-electron chi connectivity index (χ4n) is 1.20. The molecule has 2 N–H and O–H groups in total. The Morgan fingerprint density at radius 3 is 2.21 bits per heavy atom. The molecule has 2 nitrogen and oxygen atoms in total. The Kier molecular flexibility index (Phi) is 4.39. The Bertz CT molecular complexity index is 271. The molecule has 0 aromatic heterocycles. The lowest BCUT2D eigenvalue weighted by molar-refractivity contribution is 0.0341. The SMILES string of the molecule is Cc1ccc(CC(O)C(O)CCl)cc1. The molecule has 1 rings (SSSR count). The molecule has 0 saturated heterocycles. The van der Waals surface area contributed by atoms with Crippen LogP contribution in [0.4, 0.5) is 0 Å². The minimum atomic E-state index is -0.849. The van der Waals surface area contributed by atoms with Crippen molar-refractivity contribution in [1.29, 1.82) is 0 Å². The van der Waals surface area contributed by atoms with Gasteiger partial charge in [0.25, 0.3) is 0 Å². The standard InChI is InChI=1S/C11H15ClO2/c1-8-2-4-9(5-3-8)6-10(13)11(14)7-12/h2-5,10-11,13-14H,6-7H2,1H3. The highest BCUT2D eigenvalue weighted by Crippen LogP contribution is 2.08. The van der Waals surface area contributed by atoms with Crippen LogP contribution in [-0.4, -0.2) is 28.3 Å². The second kappa shape index (κ2) is 5.35. The molecule has 0 radical (unpaired) electrons. The maximum Gasteiger partial charge on any atom is 0.0937 e. The summed E-state index contributed by atoms with van der Waals surface area (Å²) in [5.74, 6) is 0.0625. The van der Waals surface area contributed by atoms with Crippen LogP contribution in [0.25, 0.3) is 0 Å². The van der Waals surface area contributed by atoms with Crippen LogP contribution in [0.1, 0.15) is 11.1 Å². The number of hydrogen-bond donors (Lipinski definition) is 2. The van der Waals surface area contributed by atoms with Crippen LogP contribution in [0.2, 0.25) is 0 Å². The number of rotatable bonds is 4. The summed E-state index contributed by atoms with van der Waals surface area (Å²) in [6.07, 6.45) is -1.19. The van der Waals surface area contributed by atoms with Gasteiger partial charge >= 0.3 is 0 Å². The van der Waals surface area contributed by atoms with Gasteiger partial charge < -0.3 is 10.2 Å². The first-order valence-corrected chi connectivity index (χ1v) is 5.14. The van der Waals surface area contributed by atoms with Gasteiger partial charge in [0.15, 0.2) is 0 Å². The zero-order chi connectivity index (χ0) is 10.6. The molecular formula is C11H15ClO2. The molecule has 0 aliphatic heterocycles. The fourth-order valence-corrected chi connectivity index (χ4v) is 1.41. The molecule has 78 valence electrons. The van der Waals surface area contributed by atoms with Crippen molar-refractivity contribution in [1.82, 2.24) is 0 Å². The Morgan fingerprint density at radius 2 is 1.71 bits per heavy atom. The van der Waals surface area contributed by atoms with Crippen molar-refractivity contribution in [3.63, 3.8) is 0 Å². The normalized spacial score (nSPS) is 15.1. The van der Waals surface area contributed by atoms with Crippen molar-refractivity contribution >= 4 is 11.6 Å². The maximum absolute atomic E-state index is 9.51. The predicted octanol–water partition coefficient (Wildman–Crippen LogP) is 1.50. The molecule has 0 fully saturated rings. The quantitative estimate of drug-likeness (QED) is 0.746. The summed E-state index contributed by atoms with van der Waals surface area (Å²) in [5.41, 5.74) is 2.19. The van der Waals surface area contributed by atoms with Gasteiger partial charge in [-0.3, -0.25) is 0 Å². The second-order valence-electron chi connectivity index (χ2n) is 3.48. The van der Waals surface area contributed by atoms with Gasteiger partial charge in [-0.15, -0.1) is 11.6 Å². The van der Waals surface area contributed by atoms with Gasteiger partial charge in [0, 0.05) is 6.42 Å². The lowest BCUT2D eigenvalue weighted by Crippen LogP contribution is -2.29. The van der Waals surface area contributed by atoms with Crippen molar-refractivity contribution in [3.05, 3.63) is 35.4 Å². The van der Waals surface area contributed by atoms with Crippen LogP contribution in [0.5, 0.6) is 0 Å². The molecule has 1 aromatic rings. The first-order valence-electron chi connectivity index (χ1n) is 4.61. The van der Waals surface area contributed by atoms with Crippen LogP contribution in [-0.2, 0) is 6.42 Å². The smallest absolute Gasteiger partial charge is 0.0937 e. The molecule has 1 aromatic carbocycles. The van der Waals surface area contributed by atoms with E-state index in [2.05, 4.69) is 0 Å². The van der Waals surface area contributed by atoms with Crippen LogP contribution in [0.15, 0.2) is 24.3 Å². The summed E-state index contributed by atoms with van der Waals surface area (Å²) in [5, 5.41) is 18.8. The molecule has 14 heavy (non-hydrogen) atoms. The third kappa shape index (κ3) is 3.29. The molecule has 2 atom stereocenters. The van der Waals surface area contributed by atoms with Crippen molar-refractivity contribution in [2.24, 2.45) is 0 Å². The molecular weight excluding hydrogens is 200 g/mol. The van der Waals surface area contributed by atoms with Crippen LogP contribution in [0, 0.1) is 6.92 Å². The number of aliphatic hydroxyl groups excluding tert-OH is 2. The van der Waals surface area contributed by atoms with E-state index in [0.29, 0.717) is 6.42 Å². The summed E-state index contributed by atoms with van der Waals surface area (Å²) in [6, 6.07) is 7.85. The topological polar surface area (TPSA) is 40.5 Å². The summed E-state index contributed by atoms with van der Waals surface area (Å²) in [7, 11) is 0. The maximum atomic E-state index is 9.51. The Labute approximate surface area is 89.1 Å².